The third-order valence-electron chi connectivity index (χ3n) is 3.59. The van der Waals surface area contributed by atoms with E-state index < -0.39 is 5.91 Å². The summed E-state index contributed by atoms with van der Waals surface area (Å²) in [5.41, 5.74) is 4.01. The quantitative estimate of drug-likeness (QED) is 0.680. The highest BCUT2D eigenvalue weighted by molar-refractivity contribution is 6.31. The summed E-state index contributed by atoms with van der Waals surface area (Å²) in [6, 6.07) is 16.4. The molecule has 0 aromatic heterocycles. The Morgan fingerprint density at radius 1 is 1.04 bits per heavy atom. The molecule has 3 rings (SSSR count). The molecule has 0 spiro atoms. The zero-order valence-corrected chi connectivity index (χ0v) is 13.4. The maximum absolute atomic E-state index is 12.6. The number of nitrogens with one attached hydrogen (secondary N) is 1. The van der Waals surface area contributed by atoms with Crippen LogP contribution in [0.25, 0.3) is 6.08 Å². The summed E-state index contributed by atoms with van der Waals surface area (Å²) in [5.74, 6) is -0.142. The highest BCUT2D eigenvalue weighted by atomic mass is 16.5. The molecule has 5 heteroatoms. The zero-order valence-electron chi connectivity index (χ0n) is 13.4. The number of hydrazine groups is 1. The lowest BCUT2D eigenvalue weighted by atomic mass is 10.1. The number of rotatable bonds is 5. The monoisotopic (exact) mass is 322 g/mol. The first-order valence-corrected chi connectivity index (χ1v) is 7.84. The summed E-state index contributed by atoms with van der Waals surface area (Å²) < 4.78 is 5.68. The number of carbonyl (C=O) groups excluding carboxylic acids is 2. The van der Waals surface area contributed by atoms with Gasteiger partial charge >= 0.3 is 0 Å². The molecule has 1 saturated heterocycles. The lowest BCUT2D eigenvalue weighted by molar-refractivity contribution is -0.117. The summed E-state index contributed by atoms with van der Waals surface area (Å²) >= 11 is 0. The number of amides is 2. The average molecular weight is 322 g/mol. The molecule has 0 bridgehead atoms. The molecule has 0 radical (unpaired) electrons. The lowest BCUT2D eigenvalue weighted by Gasteiger charge is -2.14. The van der Waals surface area contributed by atoms with Crippen LogP contribution in [0.15, 0.2) is 60.2 Å². The Kier molecular flexibility index (Phi) is 4.61. The third-order valence-corrected chi connectivity index (χ3v) is 3.59. The van der Waals surface area contributed by atoms with Crippen molar-refractivity contribution < 1.29 is 14.3 Å². The molecular weight excluding hydrogens is 304 g/mol. The molecule has 122 valence electrons. The van der Waals surface area contributed by atoms with Gasteiger partial charge in [0.05, 0.1) is 12.3 Å². The van der Waals surface area contributed by atoms with E-state index in [-0.39, 0.29) is 11.5 Å². The van der Waals surface area contributed by atoms with Crippen molar-refractivity contribution in [3.05, 3.63) is 65.7 Å². The van der Waals surface area contributed by atoms with E-state index in [1.807, 2.05) is 49.4 Å². The maximum atomic E-state index is 12.6. The molecule has 5 nitrogen and oxygen atoms in total. The average Bonchev–Trinajstić information content (AvgIpc) is 2.90. The van der Waals surface area contributed by atoms with Gasteiger partial charge in [0, 0.05) is 5.56 Å². The number of hydrogen-bond acceptors (Lipinski definition) is 3. The molecule has 1 aliphatic heterocycles. The molecule has 0 unspecified atom stereocenters. The third kappa shape index (κ3) is 3.15. The number of para-hydroxylation sites is 2. The smallest absolute Gasteiger partial charge is 0.282 e. The minimum absolute atomic E-state index is 0.0893. The van der Waals surface area contributed by atoms with E-state index in [0.29, 0.717) is 23.6 Å². The first-order valence-electron chi connectivity index (χ1n) is 7.84. The van der Waals surface area contributed by atoms with Crippen LogP contribution in [0, 0.1) is 0 Å². The number of nitrogens with zero attached hydrogens (tertiary/aromatic N) is 1. The summed E-state index contributed by atoms with van der Waals surface area (Å²) in [4.78, 5) is 24.8. The Labute approximate surface area is 140 Å². The van der Waals surface area contributed by atoms with Crippen LogP contribution in [-0.4, -0.2) is 18.4 Å². The van der Waals surface area contributed by atoms with Crippen LogP contribution in [0.4, 0.5) is 5.69 Å². The van der Waals surface area contributed by atoms with Crippen LogP contribution in [0.5, 0.6) is 5.75 Å². The van der Waals surface area contributed by atoms with E-state index in [4.69, 9.17) is 4.74 Å². The van der Waals surface area contributed by atoms with Crippen LogP contribution in [0.1, 0.15) is 18.9 Å². The molecule has 1 heterocycles. The van der Waals surface area contributed by atoms with Gasteiger partial charge < -0.3 is 4.74 Å². The molecule has 2 aromatic rings. The van der Waals surface area contributed by atoms with Gasteiger partial charge in [-0.2, -0.15) is 0 Å². The Morgan fingerprint density at radius 3 is 2.50 bits per heavy atom. The van der Waals surface area contributed by atoms with Crippen molar-refractivity contribution in [2.24, 2.45) is 0 Å². The fraction of sp³-hybridized carbons (Fsp3) is 0.158. The van der Waals surface area contributed by atoms with E-state index in [2.05, 4.69) is 5.43 Å². The fourth-order valence-corrected chi connectivity index (χ4v) is 2.42. The predicted octanol–water partition coefficient (Wildman–Crippen LogP) is 2.94. The van der Waals surface area contributed by atoms with Crippen molar-refractivity contribution in [1.29, 1.82) is 0 Å². The van der Waals surface area contributed by atoms with Gasteiger partial charge in [0.25, 0.3) is 11.8 Å². The van der Waals surface area contributed by atoms with Crippen molar-refractivity contribution >= 4 is 23.6 Å². The van der Waals surface area contributed by atoms with Crippen molar-refractivity contribution in [2.75, 3.05) is 11.6 Å². The predicted molar refractivity (Wildman–Crippen MR) is 92.3 cm³/mol. The van der Waals surface area contributed by atoms with Crippen molar-refractivity contribution in [3.8, 4) is 5.75 Å². The number of benzene rings is 2. The highest BCUT2D eigenvalue weighted by Gasteiger charge is 2.34. The summed E-state index contributed by atoms with van der Waals surface area (Å²) in [7, 11) is 0. The number of hydrogen-bond donors (Lipinski definition) is 1. The van der Waals surface area contributed by atoms with Gasteiger partial charge in [-0.05, 0) is 30.7 Å². The molecule has 1 aliphatic rings. The van der Waals surface area contributed by atoms with E-state index in [1.165, 1.54) is 5.01 Å². The van der Waals surface area contributed by atoms with Crippen LogP contribution >= 0.6 is 0 Å². The molecule has 2 aromatic carbocycles. The van der Waals surface area contributed by atoms with Crippen LogP contribution in [0.3, 0.4) is 0 Å². The fourth-order valence-electron chi connectivity index (χ4n) is 2.42. The van der Waals surface area contributed by atoms with E-state index >= 15 is 0 Å². The SMILES string of the molecule is CCCOc1ccccc1/C=C1/C(=O)NN(c2ccccc2)C1=O. The molecular formula is C19H18N2O3. The Morgan fingerprint density at radius 2 is 1.75 bits per heavy atom. The topological polar surface area (TPSA) is 58.6 Å². The second-order valence-electron chi connectivity index (χ2n) is 5.36. The van der Waals surface area contributed by atoms with Gasteiger partial charge in [0.1, 0.15) is 11.3 Å². The Hall–Kier alpha value is -3.08. The number of carbonyl (C=O) groups is 2. The molecule has 0 aliphatic carbocycles. The normalized spacial score (nSPS) is 15.7. The zero-order chi connectivity index (χ0) is 16.9. The minimum atomic E-state index is -0.422. The van der Waals surface area contributed by atoms with E-state index in [1.54, 1.807) is 18.2 Å². The molecule has 0 saturated carbocycles. The second-order valence-corrected chi connectivity index (χ2v) is 5.36. The maximum Gasteiger partial charge on any atom is 0.282 e. The first kappa shape index (κ1) is 15.8. The van der Waals surface area contributed by atoms with Crippen LogP contribution in [-0.2, 0) is 9.59 Å². The van der Waals surface area contributed by atoms with E-state index in [0.717, 1.165) is 6.42 Å². The number of anilines is 1. The minimum Gasteiger partial charge on any atom is -0.493 e. The second kappa shape index (κ2) is 7.00. The van der Waals surface area contributed by atoms with Gasteiger partial charge in [0.2, 0.25) is 0 Å². The van der Waals surface area contributed by atoms with Gasteiger partial charge in [-0.1, -0.05) is 43.3 Å². The summed E-state index contributed by atoms with van der Waals surface area (Å²) in [6.07, 6.45) is 2.46. The molecule has 24 heavy (non-hydrogen) atoms. The molecule has 0 atom stereocenters. The van der Waals surface area contributed by atoms with Gasteiger partial charge in [0.15, 0.2) is 0 Å². The van der Waals surface area contributed by atoms with Crippen molar-refractivity contribution in [1.82, 2.24) is 5.43 Å². The van der Waals surface area contributed by atoms with Crippen LogP contribution < -0.4 is 15.2 Å². The van der Waals surface area contributed by atoms with Crippen molar-refractivity contribution in [3.63, 3.8) is 0 Å². The van der Waals surface area contributed by atoms with Crippen LogP contribution in [0.2, 0.25) is 0 Å². The Bertz CT molecular complexity index is 784. The standard InChI is InChI=1S/C19H18N2O3/c1-2-12-24-17-11-7-6-8-14(17)13-16-18(22)20-21(19(16)23)15-9-4-3-5-10-15/h3-11,13H,2,12H2,1H3,(H,20,22)/b16-13-. The lowest BCUT2D eigenvalue weighted by Crippen LogP contribution is -2.35. The van der Waals surface area contributed by atoms with Crippen molar-refractivity contribution in [2.45, 2.75) is 13.3 Å². The Balaban J connectivity index is 1.91. The molecule has 2 amide bonds. The van der Waals surface area contributed by atoms with E-state index in [9.17, 15) is 9.59 Å². The summed E-state index contributed by atoms with van der Waals surface area (Å²) in [6.45, 7) is 2.60. The largest absolute Gasteiger partial charge is 0.493 e. The van der Waals surface area contributed by atoms with Gasteiger partial charge in [-0.15, -0.1) is 0 Å². The molecule has 1 fully saturated rings. The number of ether oxygens (including phenoxy) is 1. The van der Waals surface area contributed by atoms with Gasteiger partial charge in [-0.25, -0.2) is 5.01 Å². The van der Waals surface area contributed by atoms with Gasteiger partial charge in [-0.3, -0.25) is 15.0 Å². The summed E-state index contributed by atoms with van der Waals surface area (Å²) in [5, 5.41) is 1.25. The molecule has 1 N–H and O–H groups in total. The first-order chi connectivity index (χ1) is 11.7. The highest BCUT2D eigenvalue weighted by Crippen LogP contribution is 2.25.